The van der Waals surface area contributed by atoms with Crippen molar-refractivity contribution in [2.24, 2.45) is 5.92 Å². The molecule has 90 valence electrons. The average molecular weight is 234 g/mol. The van der Waals surface area contributed by atoms with E-state index in [1.807, 2.05) is 0 Å². The van der Waals surface area contributed by atoms with Crippen LogP contribution in [0.2, 0.25) is 0 Å². The highest BCUT2D eigenvalue weighted by atomic mass is 19.1. The molecule has 1 aliphatic carbocycles. The highest BCUT2D eigenvalue weighted by Gasteiger charge is 2.26. The van der Waals surface area contributed by atoms with Crippen LogP contribution in [0.1, 0.15) is 41.6 Å². The van der Waals surface area contributed by atoms with Crippen LogP contribution in [-0.4, -0.2) is 11.6 Å². The lowest BCUT2D eigenvalue weighted by Gasteiger charge is -2.19. The Morgan fingerprint density at radius 3 is 2.82 bits per heavy atom. The molecule has 0 heterocycles. The first-order chi connectivity index (χ1) is 8.08. The third kappa shape index (κ3) is 2.60. The van der Waals surface area contributed by atoms with Crippen LogP contribution < -0.4 is 0 Å². The van der Waals surface area contributed by atoms with E-state index in [1.165, 1.54) is 12.1 Å². The second-order valence-electron chi connectivity index (χ2n) is 4.66. The Bertz CT molecular complexity index is 465. The fraction of sp³-hybridized carbons (Fsp3) is 0.429. The summed E-state index contributed by atoms with van der Waals surface area (Å²) in [6.07, 6.45) is 2.48. The van der Waals surface area contributed by atoms with Crippen molar-refractivity contribution in [3.63, 3.8) is 0 Å². The summed E-state index contributed by atoms with van der Waals surface area (Å²) >= 11 is 0. The molecule has 1 unspecified atom stereocenters. The number of aryl methyl sites for hydroxylation is 1. The lowest BCUT2D eigenvalue weighted by molar-refractivity contribution is -0.121. The summed E-state index contributed by atoms with van der Waals surface area (Å²) in [6, 6.07) is 4.38. The number of hydrogen-bond acceptors (Lipinski definition) is 2. The maximum absolute atomic E-state index is 13.1. The minimum atomic E-state index is -0.304. The van der Waals surface area contributed by atoms with Crippen LogP contribution in [0.4, 0.5) is 4.39 Å². The van der Waals surface area contributed by atoms with E-state index >= 15 is 0 Å². The van der Waals surface area contributed by atoms with Gasteiger partial charge < -0.3 is 0 Å². The van der Waals surface area contributed by atoms with Gasteiger partial charge in [-0.25, -0.2) is 4.39 Å². The molecule has 0 aliphatic heterocycles. The van der Waals surface area contributed by atoms with Crippen LogP contribution in [0.5, 0.6) is 0 Å². The fourth-order valence-electron chi connectivity index (χ4n) is 2.28. The molecule has 1 fully saturated rings. The molecular weight excluding hydrogens is 219 g/mol. The Morgan fingerprint density at radius 2 is 2.18 bits per heavy atom. The van der Waals surface area contributed by atoms with Gasteiger partial charge in [0, 0.05) is 24.3 Å². The molecule has 0 saturated heterocycles. The molecule has 0 spiro atoms. The second kappa shape index (κ2) is 4.78. The predicted molar refractivity (Wildman–Crippen MR) is 62.4 cm³/mol. The molecule has 17 heavy (non-hydrogen) atoms. The van der Waals surface area contributed by atoms with E-state index in [9.17, 15) is 14.0 Å². The topological polar surface area (TPSA) is 34.1 Å². The predicted octanol–water partition coefficient (Wildman–Crippen LogP) is 3.08. The summed E-state index contributed by atoms with van der Waals surface area (Å²) in [5.41, 5.74) is 0.988. The van der Waals surface area contributed by atoms with Gasteiger partial charge in [-0.3, -0.25) is 9.59 Å². The van der Waals surface area contributed by atoms with Gasteiger partial charge in [-0.05, 0) is 43.5 Å². The van der Waals surface area contributed by atoms with Gasteiger partial charge in [0.2, 0.25) is 0 Å². The SMILES string of the molecule is Cc1cc(C(=O)C2CCCC(=O)C2)ccc1F. The van der Waals surface area contributed by atoms with Gasteiger partial charge in [0.05, 0.1) is 0 Å². The van der Waals surface area contributed by atoms with Crippen LogP contribution in [0, 0.1) is 18.7 Å². The van der Waals surface area contributed by atoms with Crippen LogP contribution in [0.25, 0.3) is 0 Å². The molecule has 1 saturated carbocycles. The van der Waals surface area contributed by atoms with Crippen molar-refractivity contribution in [2.75, 3.05) is 0 Å². The highest BCUT2D eigenvalue weighted by Crippen LogP contribution is 2.25. The third-order valence-corrected chi connectivity index (χ3v) is 3.30. The van der Waals surface area contributed by atoms with Gasteiger partial charge in [-0.2, -0.15) is 0 Å². The Hall–Kier alpha value is -1.51. The maximum Gasteiger partial charge on any atom is 0.166 e. The first kappa shape index (κ1) is 12.0. The van der Waals surface area contributed by atoms with E-state index in [-0.39, 0.29) is 23.3 Å². The summed E-state index contributed by atoms with van der Waals surface area (Å²) < 4.78 is 13.1. The van der Waals surface area contributed by atoms with Gasteiger partial charge >= 0.3 is 0 Å². The van der Waals surface area contributed by atoms with Crippen LogP contribution in [0.3, 0.4) is 0 Å². The molecule has 1 aromatic carbocycles. The summed E-state index contributed by atoms with van der Waals surface area (Å²) in [5.74, 6) is -0.378. The Labute approximate surface area is 99.8 Å². The second-order valence-corrected chi connectivity index (χ2v) is 4.66. The number of benzene rings is 1. The van der Waals surface area contributed by atoms with Crippen LogP contribution in [-0.2, 0) is 4.79 Å². The molecule has 0 aromatic heterocycles. The van der Waals surface area contributed by atoms with Crippen molar-refractivity contribution in [1.29, 1.82) is 0 Å². The number of halogens is 1. The molecule has 2 rings (SSSR count). The van der Waals surface area contributed by atoms with Crippen molar-refractivity contribution in [2.45, 2.75) is 32.6 Å². The maximum atomic E-state index is 13.1. The summed E-state index contributed by atoms with van der Waals surface area (Å²) in [4.78, 5) is 23.5. The van der Waals surface area contributed by atoms with Crippen molar-refractivity contribution in [1.82, 2.24) is 0 Å². The molecule has 2 nitrogen and oxygen atoms in total. The van der Waals surface area contributed by atoms with Crippen molar-refractivity contribution < 1.29 is 14.0 Å². The Kier molecular flexibility index (Phi) is 3.36. The number of ketones is 2. The lowest BCUT2D eigenvalue weighted by Crippen LogP contribution is -2.23. The zero-order valence-electron chi connectivity index (χ0n) is 9.83. The first-order valence-corrected chi connectivity index (χ1v) is 5.90. The number of hydrogen-bond donors (Lipinski definition) is 0. The third-order valence-electron chi connectivity index (χ3n) is 3.30. The van der Waals surface area contributed by atoms with Gasteiger partial charge in [-0.15, -0.1) is 0 Å². The highest BCUT2D eigenvalue weighted by molar-refractivity contribution is 6.00. The van der Waals surface area contributed by atoms with E-state index in [2.05, 4.69) is 0 Å². The first-order valence-electron chi connectivity index (χ1n) is 5.90. The van der Waals surface area contributed by atoms with E-state index in [4.69, 9.17) is 0 Å². The molecule has 0 N–H and O–H groups in total. The van der Waals surface area contributed by atoms with E-state index < -0.39 is 0 Å². The van der Waals surface area contributed by atoms with Crippen molar-refractivity contribution in [3.8, 4) is 0 Å². The van der Waals surface area contributed by atoms with Crippen molar-refractivity contribution in [3.05, 3.63) is 35.1 Å². The molecule has 0 amide bonds. The molecule has 1 aliphatic rings. The number of Topliss-reactive ketones (excluding diaryl/α,β-unsaturated/α-hetero) is 2. The minimum absolute atomic E-state index is 0.0267. The quantitative estimate of drug-likeness (QED) is 0.737. The zero-order valence-corrected chi connectivity index (χ0v) is 9.83. The van der Waals surface area contributed by atoms with E-state index in [0.29, 0.717) is 24.0 Å². The number of carbonyl (C=O) groups excluding carboxylic acids is 2. The smallest absolute Gasteiger partial charge is 0.166 e. The van der Waals surface area contributed by atoms with Gasteiger partial charge in [0.1, 0.15) is 11.6 Å². The molecule has 1 aromatic rings. The average Bonchev–Trinajstić information content (AvgIpc) is 2.32. The normalized spacial score (nSPS) is 20.4. The molecule has 0 radical (unpaired) electrons. The fourth-order valence-corrected chi connectivity index (χ4v) is 2.28. The summed E-state index contributed by atoms with van der Waals surface area (Å²) in [5, 5.41) is 0. The Morgan fingerprint density at radius 1 is 1.41 bits per heavy atom. The molecule has 3 heteroatoms. The lowest BCUT2D eigenvalue weighted by atomic mass is 9.83. The van der Waals surface area contributed by atoms with Crippen molar-refractivity contribution >= 4 is 11.6 Å². The molecule has 0 bridgehead atoms. The monoisotopic (exact) mass is 234 g/mol. The van der Waals surface area contributed by atoms with E-state index in [0.717, 1.165) is 12.8 Å². The number of rotatable bonds is 2. The standard InChI is InChI=1S/C14H15FO2/c1-9-7-11(5-6-13(9)15)14(17)10-3-2-4-12(16)8-10/h5-7,10H,2-4,8H2,1H3. The Balaban J connectivity index is 2.18. The zero-order chi connectivity index (χ0) is 12.4. The molecule has 1 atom stereocenters. The minimum Gasteiger partial charge on any atom is -0.300 e. The largest absolute Gasteiger partial charge is 0.300 e. The van der Waals surface area contributed by atoms with Crippen LogP contribution >= 0.6 is 0 Å². The summed E-state index contributed by atoms with van der Waals surface area (Å²) in [6.45, 7) is 1.64. The van der Waals surface area contributed by atoms with Gasteiger partial charge in [-0.1, -0.05) is 0 Å². The van der Waals surface area contributed by atoms with Crippen LogP contribution in [0.15, 0.2) is 18.2 Å². The van der Waals surface area contributed by atoms with E-state index in [1.54, 1.807) is 13.0 Å². The van der Waals surface area contributed by atoms with Gasteiger partial charge in [0.15, 0.2) is 5.78 Å². The van der Waals surface area contributed by atoms with Gasteiger partial charge in [0.25, 0.3) is 0 Å². The summed E-state index contributed by atoms with van der Waals surface area (Å²) in [7, 11) is 0. The molecular formula is C14H15FO2. The number of carbonyl (C=O) groups is 2.